The second-order valence-electron chi connectivity index (χ2n) is 8.05. The van der Waals surface area contributed by atoms with E-state index in [-0.39, 0.29) is 12.1 Å². The minimum Gasteiger partial charge on any atom is -0.392 e. The lowest BCUT2D eigenvalue weighted by molar-refractivity contribution is 0.0369. The number of nitrogens with one attached hydrogen (secondary N) is 1. The van der Waals surface area contributed by atoms with Crippen LogP contribution in [0, 0.1) is 0 Å². The van der Waals surface area contributed by atoms with Gasteiger partial charge in [0.1, 0.15) is 18.4 Å². The third-order valence-corrected chi connectivity index (χ3v) is 4.82. The fraction of sp³-hybridized carbons (Fsp3) is 0.269. The molecule has 3 rings (SSSR count). The summed E-state index contributed by atoms with van der Waals surface area (Å²) < 4.78 is 0. The van der Waals surface area contributed by atoms with Gasteiger partial charge in [0.25, 0.3) is 0 Å². The third-order valence-electron chi connectivity index (χ3n) is 4.82. The van der Waals surface area contributed by atoms with Gasteiger partial charge in [-0.05, 0) is 25.8 Å². The van der Waals surface area contributed by atoms with Gasteiger partial charge in [-0.2, -0.15) is 0 Å². The van der Waals surface area contributed by atoms with Crippen molar-refractivity contribution in [2.45, 2.75) is 31.9 Å². The van der Waals surface area contributed by atoms with Crippen LogP contribution in [0.15, 0.2) is 96.2 Å². The molecule has 1 atom stereocenters. The van der Waals surface area contributed by atoms with Gasteiger partial charge in [0.05, 0.1) is 0 Å². The van der Waals surface area contributed by atoms with Crippen molar-refractivity contribution in [1.82, 2.24) is 5.32 Å². The van der Waals surface area contributed by atoms with E-state index < -0.39 is 6.10 Å². The molecule has 3 aromatic carbocycles. The summed E-state index contributed by atoms with van der Waals surface area (Å²) in [5.74, 6) is 0. The Morgan fingerprint density at radius 1 is 0.867 bits per heavy atom. The molecule has 30 heavy (non-hydrogen) atoms. The Morgan fingerprint density at radius 3 is 1.90 bits per heavy atom. The van der Waals surface area contributed by atoms with E-state index in [9.17, 15) is 5.11 Å². The van der Waals surface area contributed by atoms with Gasteiger partial charge in [-0.1, -0.05) is 96.2 Å². The molecule has 156 valence electrons. The number of aliphatic hydroxyl groups excluding tert-OH is 1. The number of rotatable bonds is 10. The van der Waals surface area contributed by atoms with E-state index in [4.69, 9.17) is 4.84 Å². The second-order valence-corrected chi connectivity index (χ2v) is 8.05. The van der Waals surface area contributed by atoms with Crippen LogP contribution in [0.3, 0.4) is 0 Å². The fourth-order valence-corrected chi connectivity index (χ4v) is 3.27. The number of nitrogens with zero attached hydrogens (tertiary/aromatic N) is 1. The van der Waals surface area contributed by atoms with Gasteiger partial charge < -0.3 is 15.3 Å². The first-order valence-corrected chi connectivity index (χ1v) is 10.3. The molecular weight excluding hydrogens is 372 g/mol. The molecule has 0 fully saturated rings. The molecule has 3 aromatic rings. The Balaban J connectivity index is 1.56. The van der Waals surface area contributed by atoms with Crippen molar-refractivity contribution in [3.63, 3.8) is 0 Å². The van der Waals surface area contributed by atoms with Gasteiger partial charge in [-0.15, -0.1) is 0 Å². The van der Waals surface area contributed by atoms with Gasteiger partial charge in [-0.3, -0.25) is 0 Å². The second kappa shape index (κ2) is 10.7. The zero-order valence-electron chi connectivity index (χ0n) is 17.7. The molecule has 2 N–H and O–H groups in total. The van der Waals surface area contributed by atoms with Crippen molar-refractivity contribution in [1.29, 1.82) is 0 Å². The summed E-state index contributed by atoms with van der Waals surface area (Å²) in [7, 11) is 0. The first-order valence-electron chi connectivity index (χ1n) is 10.3. The zero-order valence-corrected chi connectivity index (χ0v) is 17.7. The summed E-state index contributed by atoms with van der Waals surface area (Å²) in [6, 6.07) is 30.2. The number of hydrogen-bond donors (Lipinski definition) is 2. The predicted octanol–water partition coefficient (Wildman–Crippen LogP) is 4.43. The maximum atomic E-state index is 10.4. The van der Waals surface area contributed by atoms with Crippen molar-refractivity contribution < 1.29 is 9.94 Å². The highest BCUT2D eigenvalue weighted by molar-refractivity contribution is 6.12. The van der Waals surface area contributed by atoms with Crippen molar-refractivity contribution in [3.05, 3.63) is 108 Å². The standard InChI is InChI=1S/C26H30N2O2/c1-26(2,18-21-12-6-3-7-13-21)27-19-24(29)20-30-28-25(22-14-8-4-9-15-22)23-16-10-5-11-17-23/h3-17,24,27,29H,18-20H2,1-2H3. The topological polar surface area (TPSA) is 53.8 Å². The summed E-state index contributed by atoms with van der Waals surface area (Å²) in [5, 5.41) is 18.2. The SMILES string of the molecule is CC(C)(Cc1ccccc1)NCC(O)CON=C(c1ccccc1)c1ccccc1. The first-order chi connectivity index (χ1) is 14.5. The lowest BCUT2D eigenvalue weighted by atomic mass is 9.95. The quantitative estimate of drug-likeness (QED) is 0.390. The molecule has 0 saturated carbocycles. The number of hydrogen-bond acceptors (Lipinski definition) is 4. The van der Waals surface area contributed by atoms with Crippen LogP contribution in [0.1, 0.15) is 30.5 Å². The van der Waals surface area contributed by atoms with E-state index in [0.29, 0.717) is 6.54 Å². The van der Waals surface area contributed by atoms with E-state index in [1.807, 2.05) is 78.9 Å². The molecule has 0 aliphatic heterocycles. The van der Waals surface area contributed by atoms with Gasteiger partial charge in [0.15, 0.2) is 0 Å². The van der Waals surface area contributed by atoms with Gasteiger partial charge >= 0.3 is 0 Å². The minimum atomic E-state index is -0.656. The maximum Gasteiger partial charge on any atom is 0.144 e. The molecule has 0 saturated heterocycles. The van der Waals surface area contributed by atoms with E-state index in [1.165, 1.54) is 5.56 Å². The molecule has 1 unspecified atom stereocenters. The highest BCUT2D eigenvalue weighted by Gasteiger charge is 2.19. The summed E-state index contributed by atoms with van der Waals surface area (Å²) in [6.07, 6.45) is 0.225. The highest BCUT2D eigenvalue weighted by atomic mass is 16.6. The fourth-order valence-electron chi connectivity index (χ4n) is 3.27. The van der Waals surface area contributed by atoms with Gasteiger partial charge in [-0.25, -0.2) is 0 Å². The Bertz CT molecular complexity index is 868. The van der Waals surface area contributed by atoms with Crippen molar-refractivity contribution in [2.24, 2.45) is 5.16 Å². The zero-order chi connectivity index (χ0) is 21.2. The molecule has 0 bridgehead atoms. The van der Waals surface area contributed by atoms with Crippen molar-refractivity contribution in [3.8, 4) is 0 Å². The van der Waals surface area contributed by atoms with Crippen molar-refractivity contribution >= 4 is 5.71 Å². The van der Waals surface area contributed by atoms with E-state index in [0.717, 1.165) is 23.3 Å². The monoisotopic (exact) mass is 402 g/mol. The molecule has 4 heteroatoms. The van der Waals surface area contributed by atoms with Crippen LogP contribution >= 0.6 is 0 Å². The molecule has 0 spiro atoms. The lowest BCUT2D eigenvalue weighted by Gasteiger charge is -2.27. The van der Waals surface area contributed by atoms with Crippen molar-refractivity contribution in [2.75, 3.05) is 13.2 Å². The predicted molar refractivity (Wildman–Crippen MR) is 123 cm³/mol. The summed E-state index contributed by atoms with van der Waals surface area (Å²) >= 11 is 0. The normalized spacial score (nSPS) is 12.2. The molecule has 0 heterocycles. The first kappa shape index (κ1) is 21.8. The number of benzene rings is 3. The van der Waals surface area contributed by atoms with Crippen LogP contribution in [0.5, 0.6) is 0 Å². The minimum absolute atomic E-state index is 0.123. The van der Waals surface area contributed by atoms with E-state index >= 15 is 0 Å². The molecule has 0 aliphatic carbocycles. The lowest BCUT2D eigenvalue weighted by Crippen LogP contribution is -2.45. The number of oxime groups is 1. The van der Waals surface area contributed by atoms with Gasteiger partial charge in [0, 0.05) is 23.2 Å². The Hall–Kier alpha value is -2.95. The maximum absolute atomic E-state index is 10.4. The highest BCUT2D eigenvalue weighted by Crippen LogP contribution is 2.13. The van der Waals surface area contributed by atoms with Crippen LogP contribution < -0.4 is 5.32 Å². The molecule has 0 aliphatic rings. The Kier molecular flexibility index (Phi) is 7.77. The Morgan fingerprint density at radius 2 is 1.37 bits per heavy atom. The molecule has 0 radical (unpaired) electrons. The van der Waals surface area contributed by atoms with E-state index in [2.05, 4.69) is 36.5 Å². The van der Waals surface area contributed by atoms with Gasteiger partial charge in [0.2, 0.25) is 0 Å². The van der Waals surface area contributed by atoms with E-state index in [1.54, 1.807) is 0 Å². The largest absolute Gasteiger partial charge is 0.392 e. The van der Waals surface area contributed by atoms with Crippen LogP contribution in [-0.4, -0.2) is 35.6 Å². The summed E-state index contributed by atoms with van der Waals surface area (Å²) in [6.45, 7) is 4.82. The third kappa shape index (κ3) is 6.83. The Labute approximate surface area is 179 Å². The number of β-amino-alcohol motifs (C(OH)–C–C–N with tert-alkyl or cyclic N) is 1. The number of aliphatic hydroxyl groups is 1. The van der Waals surface area contributed by atoms with Crippen LogP contribution in [-0.2, 0) is 11.3 Å². The molecular formula is C26H30N2O2. The molecule has 0 amide bonds. The smallest absolute Gasteiger partial charge is 0.144 e. The average Bonchev–Trinajstić information content (AvgIpc) is 2.77. The molecule has 4 nitrogen and oxygen atoms in total. The van der Waals surface area contributed by atoms with Crippen LogP contribution in [0.25, 0.3) is 0 Å². The molecule has 0 aromatic heterocycles. The van der Waals surface area contributed by atoms with Crippen LogP contribution in [0.2, 0.25) is 0 Å². The average molecular weight is 403 g/mol. The summed E-state index contributed by atoms with van der Waals surface area (Å²) in [5.41, 5.74) is 3.83. The van der Waals surface area contributed by atoms with Crippen LogP contribution in [0.4, 0.5) is 0 Å². The summed E-state index contributed by atoms with van der Waals surface area (Å²) in [4.78, 5) is 5.55.